The zero-order valence-corrected chi connectivity index (χ0v) is 10.7. The number of ketones is 1. The number of hydrogen-bond donors (Lipinski definition) is 1. The van der Waals surface area contributed by atoms with Crippen molar-refractivity contribution in [1.29, 1.82) is 0 Å². The number of hydrogen-bond acceptors (Lipinski definition) is 3. The van der Waals surface area contributed by atoms with Crippen molar-refractivity contribution in [2.24, 2.45) is 7.05 Å². The van der Waals surface area contributed by atoms with E-state index in [1.54, 1.807) is 6.20 Å². The zero-order valence-electron chi connectivity index (χ0n) is 10.7. The molecule has 0 spiro atoms. The van der Waals surface area contributed by atoms with E-state index in [0.717, 1.165) is 31.5 Å². The first-order valence-corrected chi connectivity index (χ1v) is 6.37. The van der Waals surface area contributed by atoms with Gasteiger partial charge in [0.15, 0.2) is 5.78 Å². The van der Waals surface area contributed by atoms with Crippen LogP contribution in [0.1, 0.15) is 38.3 Å². The van der Waals surface area contributed by atoms with Crippen molar-refractivity contribution in [3.8, 4) is 0 Å². The lowest BCUT2D eigenvalue weighted by molar-refractivity contribution is -0.125. The van der Waals surface area contributed by atoms with Crippen molar-refractivity contribution in [3.63, 3.8) is 0 Å². The number of piperidine rings is 1. The summed E-state index contributed by atoms with van der Waals surface area (Å²) in [6.07, 6.45) is 6.47. The predicted octanol–water partition coefficient (Wildman–Crippen LogP) is 1.45. The van der Waals surface area contributed by atoms with Crippen molar-refractivity contribution >= 4 is 5.78 Å². The molecule has 1 aliphatic rings. The van der Waals surface area contributed by atoms with E-state index in [1.807, 2.05) is 24.7 Å². The number of aryl methyl sites for hydroxylation is 2. The molecule has 2 heterocycles. The van der Waals surface area contributed by atoms with E-state index in [-0.39, 0.29) is 5.54 Å². The van der Waals surface area contributed by atoms with Gasteiger partial charge in [0, 0.05) is 25.4 Å². The number of nitrogens with zero attached hydrogens (tertiary/aromatic N) is 2. The summed E-state index contributed by atoms with van der Waals surface area (Å²) in [6, 6.07) is 1.98. The quantitative estimate of drug-likeness (QED) is 0.859. The molecule has 17 heavy (non-hydrogen) atoms. The third kappa shape index (κ3) is 2.75. The highest BCUT2D eigenvalue weighted by atomic mass is 16.1. The second-order valence-electron chi connectivity index (χ2n) is 5.09. The molecule has 4 nitrogen and oxygen atoms in total. The van der Waals surface area contributed by atoms with Gasteiger partial charge >= 0.3 is 0 Å². The van der Waals surface area contributed by atoms with Gasteiger partial charge in [-0.2, -0.15) is 5.10 Å². The second-order valence-corrected chi connectivity index (χ2v) is 5.09. The number of carbonyl (C=O) groups excluding carboxylic acids is 1. The van der Waals surface area contributed by atoms with Gasteiger partial charge in [0.25, 0.3) is 0 Å². The average molecular weight is 235 g/mol. The highest BCUT2D eigenvalue weighted by Gasteiger charge is 2.33. The highest BCUT2D eigenvalue weighted by Crippen LogP contribution is 2.21. The summed E-state index contributed by atoms with van der Waals surface area (Å²) < 4.78 is 1.84. The number of rotatable bonds is 4. The van der Waals surface area contributed by atoms with E-state index in [4.69, 9.17) is 0 Å². The molecule has 1 unspecified atom stereocenters. The monoisotopic (exact) mass is 235 g/mol. The van der Waals surface area contributed by atoms with E-state index in [2.05, 4.69) is 10.4 Å². The van der Waals surface area contributed by atoms with Gasteiger partial charge in [-0.1, -0.05) is 0 Å². The molecule has 0 amide bonds. The molecule has 1 atom stereocenters. The molecule has 0 radical (unpaired) electrons. The van der Waals surface area contributed by atoms with Crippen LogP contribution in [0.25, 0.3) is 0 Å². The molecule has 0 bridgehead atoms. The smallest absolute Gasteiger partial charge is 0.152 e. The summed E-state index contributed by atoms with van der Waals surface area (Å²) in [5.41, 5.74) is 0.828. The van der Waals surface area contributed by atoms with Crippen LogP contribution in [0.4, 0.5) is 0 Å². The number of Topliss-reactive ketones (excluding diaryl/α,β-unsaturated/α-hetero) is 1. The summed E-state index contributed by atoms with van der Waals surface area (Å²) in [5.74, 6) is 0.332. The Balaban J connectivity index is 1.91. The molecule has 1 aromatic heterocycles. The van der Waals surface area contributed by atoms with E-state index in [0.29, 0.717) is 12.2 Å². The molecular weight excluding hydrogens is 214 g/mol. The van der Waals surface area contributed by atoms with Gasteiger partial charge in [0.1, 0.15) is 0 Å². The lowest BCUT2D eigenvalue weighted by Gasteiger charge is -2.33. The predicted molar refractivity (Wildman–Crippen MR) is 66.8 cm³/mol. The molecular formula is C13H21N3O. The molecule has 1 N–H and O–H groups in total. The fourth-order valence-electron chi connectivity index (χ4n) is 2.46. The molecule has 94 valence electrons. The Bertz CT molecular complexity index is 391. The van der Waals surface area contributed by atoms with Gasteiger partial charge in [-0.05, 0) is 45.2 Å². The first kappa shape index (κ1) is 12.3. The van der Waals surface area contributed by atoms with Crippen molar-refractivity contribution in [2.45, 2.75) is 44.6 Å². The van der Waals surface area contributed by atoms with Gasteiger partial charge in [-0.15, -0.1) is 0 Å². The fraction of sp³-hybridized carbons (Fsp3) is 0.692. The molecule has 1 aliphatic heterocycles. The topological polar surface area (TPSA) is 46.9 Å². The standard InChI is InChI=1S/C13H21N3O/c1-13(8-3-4-9-14-13)12(17)6-5-11-7-10-15-16(11)2/h7,10,14H,3-6,8-9H2,1-2H3. The number of aromatic nitrogens is 2. The molecule has 1 fully saturated rings. The Morgan fingerprint density at radius 2 is 2.41 bits per heavy atom. The Kier molecular flexibility index (Phi) is 3.62. The summed E-state index contributed by atoms with van der Waals surface area (Å²) >= 11 is 0. The Morgan fingerprint density at radius 1 is 1.59 bits per heavy atom. The highest BCUT2D eigenvalue weighted by molar-refractivity contribution is 5.88. The van der Waals surface area contributed by atoms with Crippen LogP contribution < -0.4 is 5.32 Å². The number of nitrogens with one attached hydrogen (secondary N) is 1. The molecule has 0 saturated carbocycles. The lowest BCUT2D eigenvalue weighted by Crippen LogP contribution is -2.52. The number of carbonyl (C=O) groups is 1. The van der Waals surface area contributed by atoms with Gasteiger partial charge < -0.3 is 5.32 Å². The van der Waals surface area contributed by atoms with Crippen LogP contribution in [0.2, 0.25) is 0 Å². The summed E-state index contributed by atoms with van der Waals surface area (Å²) in [5, 5.41) is 7.48. The minimum atomic E-state index is -0.295. The van der Waals surface area contributed by atoms with Crippen LogP contribution in [0.15, 0.2) is 12.3 Å². The minimum Gasteiger partial charge on any atom is -0.305 e. The zero-order chi connectivity index (χ0) is 12.3. The van der Waals surface area contributed by atoms with Crippen LogP contribution in [0.3, 0.4) is 0 Å². The fourth-order valence-corrected chi connectivity index (χ4v) is 2.46. The van der Waals surface area contributed by atoms with Crippen LogP contribution in [0.5, 0.6) is 0 Å². The Labute approximate surface area is 102 Å². The molecule has 0 aromatic carbocycles. The summed E-state index contributed by atoms with van der Waals surface area (Å²) in [6.45, 7) is 3.01. The Hall–Kier alpha value is -1.16. The molecule has 4 heteroatoms. The van der Waals surface area contributed by atoms with Gasteiger partial charge in [0.2, 0.25) is 0 Å². The van der Waals surface area contributed by atoms with Crippen LogP contribution in [0, 0.1) is 0 Å². The molecule has 1 aromatic rings. The third-order valence-corrected chi connectivity index (χ3v) is 3.76. The van der Waals surface area contributed by atoms with Crippen molar-refractivity contribution in [1.82, 2.24) is 15.1 Å². The van der Waals surface area contributed by atoms with E-state index in [9.17, 15) is 4.79 Å². The van der Waals surface area contributed by atoms with Crippen molar-refractivity contribution in [3.05, 3.63) is 18.0 Å². The average Bonchev–Trinajstić information content (AvgIpc) is 2.73. The van der Waals surface area contributed by atoms with E-state index >= 15 is 0 Å². The largest absolute Gasteiger partial charge is 0.305 e. The van der Waals surface area contributed by atoms with Crippen LogP contribution in [-0.4, -0.2) is 27.6 Å². The molecule has 1 saturated heterocycles. The Morgan fingerprint density at radius 3 is 3.00 bits per heavy atom. The van der Waals surface area contributed by atoms with E-state index < -0.39 is 0 Å². The first-order chi connectivity index (χ1) is 8.12. The SMILES string of the molecule is Cn1nccc1CCC(=O)C1(C)CCCCN1. The second kappa shape index (κ2) is 5.00. The molecule has 0 aliphatic carbocycles. The van der Waals surface area contributed by atoms with Crippen LogP contribution >= 0.6 is 0 Å². The maximum atomic E-state index is 12.2. The van der Waals surface area contributed by atoms with Crippen molar-refractivity contribution in [2.75, 3.05) is 6.54 Å². The first-order valence-electron chi connectivity index (χ1n) is 6.37. The summed E-state index contributed by atoms with van der Waals surface area (Å²) in [7, 11) is 1.92. The van der Waals surface area contributed by atoms with Gasteiger partial charge in [-0.25, -0.2) is 0 Å². The third-order valence-electron chi connectivity index (χ3n) is 3.76. The lowest BCUT2D eigenvalue weighted by atomic mass is 9.85. The minimum absolute atomic E-state index is 0.295. The van der Waals surface area contributed by atoms with Crippen molar-refractivity contribution < 1.29 is 4.79 Å². The molecule has 2 rings (SSSR count). The maximum Gasteiger partial charge on any atom is 0.152 e. The van der Waals surface area contributed by atoms with Gasteiger partial charge in [-0.3, -0.25) is 9.48 Å². The van der Waals surface area contributed by atoms with Crippen LogP contribution in [-0.2, 0) is 18.3 Å². The van der Waals surface area contributed by atoms with Gasteiger partial charge in [0.05, 0.1) is 5.54 Å². The maximum absolute atomic E-state index is 12.2. The summed E-state index contributed by atoms with van der Waals surface area (Å²) in [4.78, 5) is 12.2. The normalized spacial score (nSPS) is 24.8. The van der Waals surface area contributed by atoms with E-state index in [1.165, 1.54) is 6.42 Å².